The van der Waals surface area contributed by atoms with Gasteiger partial charge >= 0.3 is 0 Å². The Morgan fingerprint density at radius 3 is 2.33 bits per heavy atom. The van der Waals surface area contributed by atoms with E-state index in [0.29, 0.717) is 28.7 Å². The smallest absolute Gasteiger partial charge is 0.265 e. The normalized spacial score (nSPS) is 10.3. The van der Waals surface area contributed by atoms with E-state index in [1.165, 1.54) is 11.3 Å². The standard InChI is InChI=1S/C21H21NO4S/c1-24-16-11-7-10-15(19(16)26-3)13-22-21(23)20-17(25-2)12-18(27-20)14-8-5-4-6-9-14/h4-12H,13H2,1-3H3,(H,22,23). The monoisotopic (exact) mass is 383 g/mol. The number of ether oxygens (including phenoxy) is 3. The van der Waals surface area contributed by atoms with Crippen LogP contribution in [-0.4, -0.2) is 27.2 Å². The largest absolute Gasteiger partial charge is 0.495 e. The minimum absolute atomic E-state index is 0.191. The summed E-state index contributed by atoms with van der Waals surface area (Å²) in [4.78, 5) is 14.3. The minimum Gasteiger partial charge on any atom is -0.495 e. The molecule has 1 amide bonds. The number of rotatable bonds is 7. The summed E-state index contributed by atoms with van der Waals surface area (Å²) in [5.74, 6) is 1.62. The molecule has 0 atom stereocenters. The van der Waals surface area contributed by atoms with E-state index < -0.39 is 0 Å². The molecule has 0 aliphatic carbocycles. The summed E-state index contributed by atoms with van der Waals surface area (Å²) in [5, 5.41) is 2.94. The highest BCUT2D eigenvalue weighted by atomic mass is 32.1. The second-order valence-corrected chi connectivity index (χ2v) is 6.76. The lowest BCUT2D eigenvalue weighted by Gasteiger charge is -2.13. The van der Waals surface area contributed by atoms with Crippen LogP contribution in [0.15, 0.2) is 54.6 Å². The second-order valence-electron chi connectivity index (χ2n) is 5.71. The zero-order valence-electron chi connectivity index (χ0n) is 15.4. The topological polar surface area (TPSA) is 56.8 Å². The molecule has 0 saturated heterocycles. The van der Waals surface area contributed by atoms with E-state index in [2.05, 4.69) is 5.32 Å². The van der Waals surface area contributed by atoms with Crippen LogP contribution in [0.4, 0.5) is 0 Å². The Labute approximate surface area is 162 Å². The van der Waals surface area contributed by atoms with Crippen molar-refractivity contribution in [1.29, 1.82) is 0 Å². The number of hydrogen-bond donors (Lipinski definition) is 1. The number of para-hydroxylation sites is 1. The molecule has 0 bridgehead atoms. The third-order valence-electron chi connectivity index (χ3n) is 4.11. The van der Waals surface area contributed by atoms with Gasteiger partial charge < -0.3 is 19.5 Å². The molecule has 1 aromatic heterocycles. The molecule has 0 spiro atoms. The molecule has 3 aromatic rings. The first kappa shape index (κ1) is 18.8. The van der Waals surface area contributed by atoms with Gasteiger partial charge in [0.1, 0.15) is 10.6 Å². The Hall–Kier alpha value is -2.99. The number of methoxy groups -OCH3 is 3. The lowest BCUT2D eigenvalue weighted by Crippen LogP contribution is -2.22. The maximum atomic E-state index is 12.7. The van der Waals surface area contributed by atoms with Crippen molar-refractivity contribution in [3.05, 3.63) is 65.0 Å². The summed E-state index contributed by atoms with van der Waals surface area (Å²) in [7, 11) is 4.73. The van der Waals surface area contributed by atoms with Crippen LogP contribution in [0.3, 0.4) is 0 Å². The molecule has 0 radical (unpaired) electrons. The number of carbonyl (C=O) groups is 1. The number of thiophene rings is 1. The van der Waals surface area contributed by atoms with E-state index in [4.69, 9.17) is 14.2 Å². The summed E-state index contributed by atoms with van der Waals surface area (Å²) in [6.07, 6.45) is 0. The molecule has 5 nitrogen and oxygen atoms in total. The van der Waals surface area contributed by atoms with Crippen LogP contribution in [0, 0.1) is 0 Å². The molecule has 6 heteroatoms. The Bertz CT molecular complexity index is 921. The third kappa shape index (κ3) is 4.06. The average molecular weight is 383 g/mol. The fourth-order valence-corrected chi connectivity index (χ4v) is 3.83. The molecule has 0 unspecified atom stereocenters. The Kier molecular flexibility index (Phi) is 5.98. The number of nitrogens with one attached hydrogen (secondary N) is 1. The van der Waals surface area contributed by atoms with Gasteiger partial charge in [-0.05, 0) is 17.7 Å². The van der Waals surface area contributed by atoms with Crippen molar-refractivity contribution in [1.82, 2.24) is 5.32 Å². The predicted octanol–water partition coefficient (Wildman–Crippen LogP) is 4.37. The van der Waals surface area contributed by atoms with Gasteiger partial charge in [-0.2, -0.15) is 0 Å². The summed E-state index contributed by atoms with van der Waals surface area (Å²) in [5.41, 5.74) is 1.89. The van der Waals surface area contributed by atoms with E-state index in [1.807, 2.05) is 54.6 Å². The van der Waals surface area contributed by atoms with Gasteiger partial charge in [-0.25, -0.2) is 0 Å². The molecule has 0 aliphatic rings. The summed E-state index contributed by atoms with van der Waals surface area (Å²) < 4.78 is 16.1. The molecule has 3 rings (SSSR count). The fourth-order valence-electron chi connectivity index (χ4n) is 2.78. The quantitative estimate of drug-likeness (QED) is 0.658. The molecular weight excluding hydrogens is 362 g/mol. The predicted molar refractivity (Wildman–Crippen MR) is 107 cm³/mol. The molecule has 1 heterocycles. The molecule has 0 saturated carbocycles. The molecule has 2 aromatic carbocycles. The highest BCUT2D eigenvalue weighted by molar-refractivity contribution is 7.17. The van der Waals surface area contributed by atoms with Gasteiger partial charge in [0.2, 0.25) is 0 Å². The molecule has 27 heavy (non-hydrogen) atoms. The third-order valence-corrected chi connectivity index (χ3v) is 5.27. The minimum atomic E-state index is -0.191. The van der Waals surface area contributed by atoms with Crippen LogP contribution in [-0.2, 0) is 6.54 Å². The van der Waals surface area contributed by atoms with Gasteiger partial charge in [0.25, 0.3) is 5.91 Å². The molecule has 1 N–H and O–H groups in total. The van der Waals surface area contributed by atoms with E-state index >= 15 is 0 Å². The van der Waals surface area contributed by atoms with Crippen LogP contribution in [0.1, 0.15) is 15.2 Å². The molecular formula is C21H21NO4S. The number of hydrogen-bond acceptors (Lipinski definition) is 5. The van der Waals surface area contributed by atoms with Crippen LogP contribution in [0.2, 0.25) is 0 Å². The fraction of sp³-hybridized carbons (Fsp3) is 0.190. The SMILES string of the molecule is COc1cc(-c2ccccc2)sc1C(=O)NCc1cccc(OC)c1OC. The Balaban J connectivity index is 1.80. The lowest BCUT2D eigenvalue weighted by molar-refractivity contribution is 0.0952. The molecule has 140 valence electrons. The highest BCUT2D eigenvalue weighted by Crippen LogP contribution is 2.36. The average Bonchev–Trinajstić information content (AvgIpc) is 3.16. The van der Waals surface area contributed by atoms with Gasteiger partial charge in [-0.3, -0.25) is 4.79 Å². The first-order chi connectivity index (χ1) is 13.2. The van der Waals surface area contributed by atoms with Crippen molar-refractivity contribution in [2.75, 3.05) is 21.3 Å². The maximum absolute atomic E-state index is 12.7. The van der Waals surface area contributed by atoms with Crippen molar-refractivity contribution in [2.45, 2.75) is 6.54 Å². The first-order valence-corrected chi connectivity index (χ1v) is 9.21. The Morgan fingerprint density at radius 2 is 1.67 bits per heavy atom. The Morgan fingerprint density at radius 1 is 0.926 bits per heavy atom. The van der Waals surface area contributed by atoms with E-state index in [0.717, 1.165) is 16.0 Å². The number of carbonyl (C=O) groups excluding carboxylic acids is 1. The van der Waals surface area contributed by atoms with Crippen molar-refractivity contribution < 1.29 is 19.0 Å². The van der Waals surface area contributed by atoms with Crippen molar-refractivity contribution in [3.8, 4) is 27.7 Å². The number of amides is 1. The van der Waals surface area contributed by atoms with Crippen molar-refractivity contribution in [2.24, 2.45) is 0 Å². The van der Waals surface area contributed by atoms with Crippen LogP contribution in [0.25, 0.3) is 10.4 Å². The lowest BCUT2D eigenvalue weighted by atomic mass is 10.2. The van der Waals surface area contributed by atoms with E-state index in [-0.39, 0.29) is 5.91 Å². The van der Waals surface area contributed by atoms with Crippen molar-refractivity contribution >= 4 is 17.2 Å². The van der Waals surface area contributed by atoms with E-state index in [1.54, 1.807) is 21.3 Å². The van der Waals surface area contributed by atoms with Gasteiger partial charge in [0, 0.05) is 17.0 Å². The van der Waals surface area contributed by atoms with Crippen LogP contribution >= 0.6 is 11.3 Å². The summed E-state index contributed by atoms with van der Waals surface area (Å²) in [6, 6.07) is 17.4. The summed E-state index contributed by atoms with van der Waals surface area (Å²) >= 11 is 1.41. The van der Waals surface area contributed by atoms with Crippen molar-refractivity contribution in [3.63, 3.8) is 0 Å². The highest BCUT2D eigenvalue weighted by Gasteiger charge is 2.19. The van der Waals surface area contributed by atoms with Gasteiger partial charge in [-0.15, -0.1) is 11.3 Å². The number of benzene rings is 2. The first-order valence-electron chi connectivity index (χ1n) is 8.39. The zero-order chi connectivity index (χ0) is 19.2. The summed E-state index contributed by atoms with van der Waals surface area (Å²) in [6.45, 7) is 0.320. The molecule has 0 aliphatic heterocycles. The maximum Gasteiger partial charge on any atom is 0.265 e. The van der Waals surface area contributed by atoms with Gasteiger partial charge in [-0.1, -0.05) is 42.5 Å². The zero-order valence-corrected chi connectivity index (χ0v) is 16.3. The second kappa shape index (κ2) is 8.60. The van der Waals surface area contributed by atoms with Crippen LogP contribution in [0.5, 0.6) is 17.2 Å². The van der Waals surface area contributed by atoms with Gasteiger partial charge in [0.05, 0.1) is 21.3 Å². The van der Waals surface area contributed by atoms with E-state index in [9.17, 15) is 4.79 Å². The van der Waals surface area contributed by atoms with Gasteiger partial charge in [0.15, 0.2) is 11.5 Å². The molecule has 0 fully saturated rings. The van der Waals surface area contributed by atoms with Crippen LogP contribution < -0.4 is 19.5 Å².